The summed E-state index contributed by atoms with van der Waals surface area (Å²) in [6.07, 6.45) is 0.252. The lowest BCUT2D eigenvalue weighted by molar-refractivity contribution is -0.138. The minimum atomic E-state index is -4.39. The predicted molar refractivity (Wildman–Crippen MR) is 56.9 cm³/mol. The Kier molecular flexibility index (Phi) is 3.66. The third kappa shape index (κ3) is 2.59. The van der Waals surface area contributed by atoms with Crippen LogP contribution in [0.3, 0.4) is 0 Å². The van der Waals surface area contributed by atoms with Gasteiger partial charge in [-0.2, -0.15) is 8.42 Å². The molecule has 5 nitrogen and oxygen atoms in total. The summed E-state index contributed by atoms with van der Waals surface area (Å²) >= 11 is 0. The number of hydrogen-bond donors (Lipinski definition) is 2. The Labute approximate surface area is 93.5 Å². The molecule has 0 saturated heterocycles. The van der Waals surface area contributed by atoms with Crippen molar-refractivity contribution in [3.05, 3.63) is 29.8 Å². The fraction of sp³-hybridized carbons (Fsp3) is 0.300. The van der Waals surface area contributed by atoms with Gasteiger partial charge in [0.2, 0.25) is 0 Å². The lowest BCUT2D eigenvalue weighted by atomic mass is 9.97. The highest BCUT2D eigenvalue weighted by Crippen LogP contribution is 2.26. The van der Waals surface area contributed by atoms with Crippen LogP contribution in [-0.2, 0) is 14.9 Å². The van der Waals surface area contributed by atoms with E-state index >= 15 is 0 Å². The van der Waals surface area contributed by atoms with E-state index in [4.69, 9.17) is 9.66 Å². The largest absolute Gasteiger partial charge is 0.481 e. The van der Waals surface area contributed by atoms with Crippen molar-refractivity contribution in [1.82, 2.24) is 0 Å². The normalized spacial score (nSPS) is 13.4. The third-order valence-corrected chi connectivity index (χ3v) is 3.21. The van der Waals surface area contributed by atoms with E-state index in [0.717, 1.165) is 0 Å². The van der Waals surface area contributed by atoms with Gasteiger partial charge in [0.25, 0.3) is 10.1 Å². The van der Waals surface area contributed by atoms with Gasteiger partial charge in [-0.05, 0) is 18.1 Å². The Balaban J connectivity index is 3.39. The van der Waals surface area contributed by atoms with Gasteiger partial charge in [-0.1, -0.05) is 25.1 Å². The molecular formula is C10H12O5S. The Bertz CT molecular complexity index is 492. The summed E-state index contributed by atoms with van der Waals surface area (Å²) in [6.45, 7) is 1.64. The molecule has 0 fully saturated rings. The highest BCUT2D eigenvalue weighted by molar-refractivity contribution is 7.85. The summed E-state index contributed by atoms with van der Waals surface area (Å²) in [7, 11) is -4.39. The molecule has 0 bridgehead atoms. The lowest BCUT2D eigenvalue weighted by Gasteiger charge is -2.13. The molecule has 1 aromatic rings. The lowest BCUT2D eigenvalue weighted by Crippen LogP contribution is -2.14. The molecule has 88 valence electrons. The summed E-state index contributed by atoms with van der Waals surface area (Å²) in [4.78, 5) is 10.6. The number of rotatable bonds is 4. The molecule has 1 atom stereocenters. The maximum absolute atomic E-state index is 11.1. The topological polar surface area (TPSA) is 91.7 Å². The Morgan fingerprint density at radius 2 is 1.94 bits per heavy atom. The molecule has 1 unspecified atom stereocenters. The first-order valence-electron chi connectivity index (χ1n) is 4.67. The molecule has 0 saturated carbocycles. The molecule has 2 N–H and O–H groups in total. The van der Waals surface area contributed by atoms with Crippen molar-refractivity contribution in [1.29, 1.82) is 0 Å². The fourth-order valence-corrected chi connectivity index (χ4v) is 2.29. The summed E-state index contributed by atoms with van der Waals surface area (Å²) in [5, 5.41) is 8.94. The molecule has 0 heterocycles. The monoisotopic (exact) mass is 244 g/mol. The summed E-state index contributed by atoms with van der Waals surface area (Å²) in [5.74, 6) is -2.04. The SMILES string of the molecule is CCC(C(=O)O)c1ccccc1S(=O)(=O)O. The van der Waals surface area contributed by atoms with Gasteiger partial charge in [0.05, 0.1) is 10.8 Å². The van der Waals surface area contributed by atoms with Gasteiger partial charge in [-0.3, -0.25) is 9.35 Å². The second-order valence-corrected chi connectivity index (χ2v) is 4.70. The van der Waals surface area contributed by atoms with E-state index in [1.165, 1.54) is 24.3 Å². The van der Waals surface area contributed by atoms with Crippen LogP contribution in [0.1, 0.15) is 24.8 Å². The Hall–Kier alpha value is -1.40. The molecule has 16 heavy (non-hydrogen) atoms. The summed E-state index contributed by atoms with van der Waals surface area (Å²) in [5.41, 5.74) is 0.111. The van der Waals surface area contributed by atoms with Gasteiger partial charge >= 0.3 is 5.97 Å². The van der Waals surface area contributed by atoms with Crippen molar-refractivity contribution in [2.24, 2.45) is 0 Å². The second kappa shape index (κ2) is 4.63. The molecule has 0 aliphatic carbocycles. The van der Waals surface area contributed by atoms with Crippen LogP contribution < -0.4 is 0 Å². The number of hydrogen-bond acceptors (Lipinski definition) is 3. The Morgan fingerprint density at radius 3 is 2.38 bits per heavy atom. The minimum Gasteiger partial charge on any atom is -0.481 e. The quantitative estimate of drug-likeness (QED) is 0.783. The van der Waals surface area contributed by atoms with Crippen molar-refractivity contribution in [3.63, 3.8) is 0 Å². The highest BCUT2D eigenvalue weighted by atomic mass is 32.2. The molecule has 6 heteroatoms. The first kappa shape index (κ1) is 12.7. The van der Waals surface area contributed by atoms with Crippen molar-refractivity contribution >= 4 is 16.1 Å². The number of carboxylic acids is 1. The number of carboxylic acid groups (broad SMARTS) is 1. The molecule has 1 rings (SSSR count). The molecule has 0 aromatic heterocycles. The average Bonchev–Trinajstić information content (AvgIpc) is 2.17. The van der Waals surface area contributed by atoms with Gasteiger partial charge < -0.3 is 5.11 Å². The van der Waals surface area contributed by atoms with E-state index in [1.807, 2.05) is 0 Å². The molecule has 0 radical (unpaired) electrons. The van der Waals surface area contributed by atoms with E-state index in [-0.39, 0.29) is 16.9 Å². The summed E-state index contributed by atoms with van der Waals surface area (Å²) in [6, 6.07) is 5.55. The van der Waals surface area contributed by atoms with Crippen molar-refractivity contribution in [3.8, 4) is 0 Å². The van der Waals surface area contributed by atoms with E-state index in [1.54, 1.807) is 6.92 Å². The van der Waals surface area contributed by atoms with Crippen LogP contribution in [0, 0.1) is 0 Å². The molecule has 1 aromatic carbocycles. The molecular weight excluding hydrogens is 232 g/mol. The van der Waals surface area contributed by atoms with Gasteiger partial charge in [-0.15, -0.1) is 0 Å². The maximum atomic E-state index is 11.1. The maximum Gasteiger partial charge on any atom is 0.311 e. The molecule has 0 aliphatic heterocycles. The van der Waals surface area contributed by atoms with Crippen molar-refractivity contribution in [2.45, 2.75) is 24.2 Å². The van der Waals surface area contributed by atoms with Crippen molar-refractivity contribution < 1.29 is 22.9 Å². The zero-order valence-corrected chi connectivity index (χ0v) is 9.44. The minimum absolute atomic E-state index is 0.111. The zero-order chi connectivity index (χ0) is 12.3. The number of aliphatic carboxylic acids is 1. The van der Waals surface area contributed by atoms with Gasteiger partial charge in [0.15, 0.2) is 0 Å². The van der Waals surface area contributed by atoms with E-state index < -0.39 is 22.0 Å². The van der Waals surface area contributed by atoms with Crippen LogP contribution in [0.15, 0.2) is 29.2 Å². The van der Waals surface area contributed by atoms with Crippen molar-refractivity contribution in [2.75, 3.05) is 0 Å². The van der Waals surface area contributed by atoms with E-state index in [0.29, 0.717) is 0 Å². The molecule has 0 aliphatic rings. The standard InChI is InChI=1S/C10H12O5S/c1-2-7(10(11)12)8-5-3-4-6-9(8)16(13,14)15/h3-7H,2H2,1H3,(H,11,12)(H,13,14,15). The fourth-order valence-electron chi connectivity index (χ4n) is 1.53. The van der Waals surface area contributed by atoms with Crippen LogP contribution in [-0.4, -0.2) is 24.0 Å². The Morgan fingerprint density at radius 1 is 1.38 bits per heavy atom. The average molecular weight is 244 g/mol. The highest BCUT2D eigenvalue weighted by Gasteiger charge is 2.25. The zero-order valence-electron chi connectivity index (χ0n) is 8.62. The van der Waals surface area contributed by atoms with Crippen LogP contribution in [0.4, 0.5) is 0 Å². The van der Waals surface area contributed by atoms with E-state index in [2.05, 4.69) is 0 Å². The van der Waals surface area contributed by atoms with Gasteiger partial charge in [0, 0.05) is 0 Å². The van der Waals surface area contributed by atoms with Crippen LogP contribution in [0.5, 0.6) is 0 Å². The first-order valence-corrected chi connectivity index (χ1v) is 6.11. The summed E-state index contributed by atoms with van der Waals surface area (Å²) < 4.78 is 31.1. The number of benzene rings is 1. The van der Waals surface area contributed by atoms with Crippen LogP contribution in [0.25, 0.3) is 0 Å². The van der Waals surface area contributed by atoms with Crippen LogP contribution >= 0.6 is 0 Å². The third-order valence-electron chi connectivity index (χ3n) is 2.28. The molecule has 0 amide bonds. The predicted octanol–water partition coefficient (Wildman–Crippen LogP) is 1.51. The van der Waals surface area contributed by atoms with Crippen LogP contribution in [0.2, 0.25) is 0 Å². The smallest absolute Gasteiger partial charge is 0.311 e. The van der Waals surface area contributed by atoms with E-state index in [9.17, 15) is 13.2 Å². The second-order valence-electron chi connectivity index (χ2n) is 3.31. The molecule has 0 spiro atoms. The first-order chi connectivity index (χ1) is 7.38. The van der Waals surface area contributed by atoms with Gasteiger partial charge in [-0.25, -0.2) is 0 Å². The van der Waals surface area contributed by atoms with Gasteiger partial charge in [0.1, 0.15) is 0 Å². The number of carbonyl (C=O) groups is 1.